The summed E-state index contributed by atoms with van der Waals surface area (Å²) in [7, 11) is 1.59. The third-order valence-corrected chi connectivity index (χ3v) is 4.31. The normalized spacial score (nSPS) is 23.1. The zero-order chi connectivity index (χ0) is 14.4. The first-order valence-electron chi connectivity index (χ1n) is 7.83. The molecule has 0 spiro atoms. The molecule has 1 aliphatic carbocycles. The molecule has 2 rings (SSSR count). The Hall–Kier alpha value is -1.25. The van der Waals surface area contributed by atoms with Crippen LogP contribution in [0.4, 0.5) is 10.1 Å². The van der Waals surface area contributed by atoms with Crippen molar-refractivity contribution >= 4 is 5.69 Å². The highest BCUT2D eigenvalue weighted by Gasteiger charge is 2.19. The largest absolute Gasteiger partial charge is 0.494 e. The van der Waals surface area contributed by atoms with Crippen LogP contribution in [0.3, 0.4) is 0 Å². The van der Waals surface area contributed by atoms with Gasteiger partial charge in [-0.25, -0.2) is 4.39 Å². The van der Waals surface area contributed by atoms with E-state index in [2.05, 4.69) is 12.2 Å². The Bertz CT molecular complexity index is 421. The van der Waals surface area contributed by atoms with Gasteiger partial charge in [0.2, 0.25) is 0 Å². The Morgan fingerprint density at radius 2 is 2.10 bits per heavy atom. The molecular weight excluding hydrogens is 253 g/mol. The van der Waals surface area contributed by atoms with Crippen molar-refractivity contribution in [1.29, 1.82) is 0 Å². The first kappa shape index (κ1) is 15.1. The van der Waals surface area contributed by atoms with E-state index in [4.69, 9.17) is 4.74 Å². The van der Waals surface area contributed by atoms with Crippen LogP contribution in [-0.2, 0) is 0 Å². The predicted molar refractivity (Wildman–Crippen MR) is 81.8 cm³/mol. The number of hydrogen-bond acceptors (Lipinski definition) is 2. The van der Waals surface area contributed by atoms with Gasteiger partial charge in [0, 0.05) is 12.1 Å². The maximum Gasteiger partial charge on any atom is 0.144 e. The standard InChI is InChI=1S/C17H26FNO/c1-3-5-13-6-4-7-15(10-8-13)19-16-11-9-14(18)12-17(16)20-2/h9,11-13,15,19H,3-8,10H2,1-2H3. The molecule has 1 fully saturated rings. The van der Waals surface area contributed by atoms with Gasteiger partial charge in [-0.15, -0.1) is 0 Å². The van der Waals surface area contributed by atoms with E-state index in [-0.39, 0.29) is 5.82 Å². The van der Waals surface area contributed by atoms with Crippen LogP contribution in [-0.4, -0.2) is 13.2 Å². The van der Waals surface area contributed by atoms with Gasteiger partial charge in [-0.05, 0) is 37.3 Å². The first-order valence-corrected chi connectivity index (χ1v) is 7.83. The van der Waals surface area contributed by atoms with E-state index in [1.54, 1.807) is 13.2 Å². The molecule has 0 bridgehead atoms. The lowest BCUT2D eigenvalue weighted by molar-refractivity contribution is 0.411. The lowest BCUT2D eigenvalue weighted by Crippen LogP contribution is -2.19. The van der Waals surface area contributed by atoms with Gasteiger partial charge >= 0.3 is 0 Å². The van der Waals surface area contributed by atoms with Gasteiger partial charge in [-0.3, -0.25) is 0 Å². The molecule has 1 aliphatic rings. The molecule has 1 aromatic rings. The molecule has 3 heteroatoms. The minimum Gasteiger partial charge on any atom is -0.494 e. The van der Waals surface area contributed by atoms with E-state index in [0.29, 0.717) is 11.8 Å². The smallest absolute Gasteiger partial charge is 0.144 e. The molecule has 20 heavy (non-hydrogen) atoms. The second-order valence-corrected chi connectivity index (χ2v) is 5.85. The molecule has 2 unspecified atom stereocenters. The van der Waals surface area contributed by atoms with Crippen LogP contribution in [0.15, 0.2) is 18.2 Å². The van der Waals surface area contributed by atoms with Crippen molar-refractivity contribution in [2.45, 2.75) is 57.9 Å². The number of benzene rings is 1. The van der Waals surface area contributed by atoms with E-state index in [1.807, 2.05) is 0 Å². The van der Waals surface area contributed by atoms with E-state index in [1.165, 1.54) is 57.1 Å². The Labute approximate surface area is 121 Å². The Kier molecular flexibility index (Phi) is 5.69. The summed E-state index contributed by atoms with van der Waals surface area (Å²) in [5.74, 6) is 1.23. The summed E-state index contributed by atoms with van der Waals surface area (Å²) in [5, 5.41) is 3.54. The van der Waals surface area contributed by atoms with Crippen molar-refractivity contribution in [3.8, 4) is 5.75 Å². The monoisotopic (exact) mass is 279 g/mol. The minimum absolute atomic E-state index is 0.253. The lowest BCUT2D eigenvalue weighted by Gasteiger charge is -2.20. The SMILES string of the molecule is CCCC1CCCC(Nc2ccc(F)cc2OC)CC1. The average molecular weight is 279 g/mol. The third-order valence-electron chi connectivity index (χ3n) is 4.31. The van der Waals surface area contributed by atoms with Gasteiger partial charge in [0.1, 0.15) is 11.6 Å². The molecule has 1 N–H and O–H groups in total. The van der Waals surface area contributed by atoms with Crippen molar-refractivity contribution in [2.24, 2.45) is 5.92 Å². The maximum atomic E-state index is 13.2. The number of ether oxygens (including phenoxy) is 1. The van der Waals surface area contributed by atoms with Crippen molar-refractivity contribution in [1.82, 2.24) is 0 Å². The van der Waals surface area contributed by atoms with Gasteiger partial charge in [-0.1, -0.05) is 32.6 Å². The second kappa shape index (κ2) is 7.51. The molecule has 0 radical (unpaired) electrons. The van der Waals surface area contributed by atoms with Gasteiger partial charge in [0.05, 0.1) is 12.8 Å². The highest BCUT2D eigenvalue weighted by molar-refractivity contribution is 5.57. The van der Waals surface area contributed by atoms with Crippen molar-refractivity contribution in [2.75, 3.05) is 12.4 Å². The van der Waals surface area contributed by atoms with Crippen LogP contribution < -0.4 is 10.1 Å². The van der Waals surface area contributed by atoms with E-state index >= 15 is 0 Å². The highest BCUT2D eigenvalue weighted by Crippen LogP contribution is 2.31. The quantitative estimate of drug-likeness (QED) is 0.766. The summed E-state index contributed by atoms with van der Waals surface area (Å²) in [5.41, 5.74) is 0.910. The Balaban J connectivity index is 1.96. The summed E-state index contributed by atoms with van der Waals surface area (Å²) in [6.45, 7) is 2.27. The second-order valence-electron chi connectivity index (χ2n) is 5.85. The molecule has 2 atom stereocenters. The zero-order valence-corrected chi connectivity index (χ0v) is 12.6. The number of nitrogens with one attached hydrogen (secondary N) is 1. The topological polar surface area (TPSA) is 21.3 Å². The number of hydrogen-bond donors (Lipinski definition) is 1. The lowest BCUT2D eigenvalue weighted by atomic mass is 9.95. The highest BCUT2D eigenvalue weighted by atomic mass is 19.1. The molecule has 1 aromatic carbocycles. The molecule has 0 saturated heterocycles. The maximum absolute atomic E-state index is 13.2. The molecular formula is C17H26FNO. The van der Waals surface area contributed by atoms with E-state index < -0.39 is 0 Å². The molecule has 0 aromatic heterocycles. The van der Waals surface area contributed by atoms with Gasteiger partial charge in [-0.2, -0.15) is 0 Å². The summed E-state index contributed by atoms with van der Waals surface area (Å²) in [6, 6.07) is 5.19. The van der Waals surface area contributed by atoms with Crippen LogP contribution in [0.25, 0.3) is 0 Å². The fourth-order valence-corrected chi connectivity index (χ4v) is 3.22. The third kappa shape index (κ3) is 4.12. The van der Waals surface area contributed by atoms with Crippen LogP contribution in [0, 0.1) is 11.7 Å². The number of halogens is 1. The molecule has 2 nitrogen and oxygen atoms in total. The number of anilines is 1. The van der Waals surface area contributed by atoms with Crippen molar-refractivity contribution in [3.05, 3.63) is 24.0 Å². The molecule has 112 valence electrons. The van der Waals surface area contributed by atoms with E-state index in [0.717, 1.165) is 11.6 Å². The fourth-order valence-electron chi connectivity index (χ4n) is 3.22. The number of methoxy groups -OCH3 is 1. The van der Waals surface area contributed by atoms with Crippen LogP contribution in [0.1, 0.15) is 51.9 Å². The van der Waals surface area contributed by atoms with Gasteiger partial charge < -0.3 is 10.1 Å². The average Bonchev–Trinajstić information content (AvgIpc) is 2.67. The zero-order valence-electron chi connectivity index (χ0n) is 12.6. The Morgan fingerprint density at radius 3 is 2.85 bits per heavy atom. The summed E-state index contributed by atoms with van der Waals surface area (Å²) >= 11 is 0. The summed E-state index contributed by atoms with van der Waals surface area (Å²) < 4.78 is 18.5. The minimum atomic E-state index is -0.253. The van der Waals surface area contributed by atoms with Crippen LogP contribution in [0.2, 0.25) is 0 Å². The van der Waals surface area contributed by atoms with Crippen LogP contribution >= 0.6 is 0 Å². The number of rotatable bonds is 5. The van der Waals surface area contributed by atoms with E-state index in [9.17, 15) is 4.39 Å². The van der Waals surface area contributed by atoms with Crippen molar-refractivity contribution < 1.29 is 9.13 Å². The summed E-state index contributed by atoms with van der Waals surface area (Å²) in [4.78, 5) is 0. The first-order chi connectivity index (χ1) is 9.72. The van der Waals surface area contributed by atoms with Gasteiger partial charge in [0.25, 0.3) is 0 Å². The molecule has 0 aliphatic heterocycles. The molecule has 0 amide bonds. The van der Waals surface area contributed by atoms with Gasteiger partial charge in [0.15, 0.2) is 0 Å². The fraction of sp³-hybridized carbons (Fsp3) is 0.647. The summed E-state index contributed by atoms with van der Waals surface area (Å²) in [6.07, 6.45) is 8.97. The Morgan fingerprint density at radius 1 is 1.25 bits per heavy atom. The van der Waals surface area contributed by atoms with Crippen LogP contribution in [0.5, 0.6) is 5.75 Å². The molecule has 0 heterocycles. The predicted octanol–water partition coefficient (Wildman–Crippen LogP) is 5.00. The van der Waals surface area contributed by atoms with Crippen molar-refractivity contribution in [3.63, 3.8) is 0 Å². The molecule has 1 saturated carbocycles.